The number of ether oxygens (including phenoxy) is 2. The Hall–Kier alpha value is -2.54. The Bertz CT molecular complexity index is 952. The highest BCUT2D eigenvalue weighted by atomic mass is 32.1. The lowest BCUT2D eigenvalue weighted by molar-refractivity contribution is -0.121. The highest BCUT2D eigenvalue weighted by molar-refractivity contribution is 7.14. The zero-order chi connectivity index (χ0) is 21.2. The number of nitrogens with zero attached hydrogens (tertiary/aromatic N) is 1. The van der Waals surface area contributed by atoms with E-state index in [-0.39, 0.29) is 24.5 Å². The van der Waals surface area contributed by atoms with Gasteiger partial charge in [-0.05, 0) is 62.3 Å². The molecule has 1 aliphatic carbocycles. The van der Waals surface area contributed by atoms with Crippen LogP contribution >= 0.6 is 11.3 Å². The Balaban J connectivity index is 1.17. The van der Waals surface area contributed by atoms with E-state index < -0.39 is 0 Å². The van der Waals surface area contributed by atoms with E-state index in [1.807, 2.05) is 17.0 Å². The number of benzene rings is 1. The number of likely N-dealkylation sites (tertiary alicyclic amines) is 1. The largest absolute Gasteiger partial charge is 0.454 e. The number of fused-ring (bicyclic) bond motifs is 2. The van der Waals surface area contributed by atoms with Crippen LogP contribution < -0.4 is 14.8 Å². The topological polar surface area (TPSA) is 67.9 Å². The third-order valence-electron chi connectivity index (χ3n) is 6.50. The number of aryl methyl sites for hydroxylation is 2. The molecule has 0 spiro atoms. The maximum atomic E-state index is 13.1. The monoisotopic (exact) mass is 440 g/mol. The van der Waals surface area contributed by atoms with Crippen molar-refractivity contribution < 1.29 is 19.1 Å². The molecule has 2 amide bonds. The summed E-state index contributed by atoms with van der Waals surface area (Å²) in [6.07, 6.45) is 8.62. The van der Waals surface area contributed by atoms with Crippen LogP contribution in [0.4, 0.5) is 5.69 Å². The predicted octanol–water partition coefficient (Wildman–Crippen LogP) is 4.63. The van der Waals surface area contributed by atoms with E-state index in [0.29, 0.717) is 43.1 Å². The molecule has 164 valence electrons. The molecule has 0 atom stereocenters. The second-order valence-electron chi connectivity index (χ2n) is 8.60. The standard InChI is InChI=1S/C24H28N2O4S/c27-23(25-18-7-8-19-20(14-18)30-15-29-19)16-9-11-26(12-10-16)24(28)22-13-17-5-3-1-2-4-6-21(17)31-22/h7-8,13-14,16H,1-6,9-12,15H2,(H,25,27). The average Bonchev–Trinajstić information content (AvgIpc) is 3.39. The van der Waals surface area contributed by atoms with Gasteiger partial charge in [0.1, 0.15) is 0 Å². The quantitative estimate of drug-likeness (QED) is 0.756. The van der Waals surface area contributed by atoms with E-state index in [9.17, 15) is 9.59 Å². The molecular formula is C24H28N2O4S. The number of rotatable bonds is 3. The summed E-state index contributed by atoms with van der Waals surface area (Å²) in [4.78, 5) is 30.0. The minimum absolute atomic E-state index is 0.00468. The molecule has 0 saturated carbocycles. The molecule has 1 N–H and O–H groups in total. The molecule has 3 heterocycles. The molecule has 0 bridgehead atoms. The van der Waals surface area contributed by atoms with Gasteiger partial charge in [0.15, 0.2) is 11.5 Å². The first-order valence-electron chi connectivity index (χ1n) is 11.3. The number of nitrogens with one attached hydrogen (secondary N) is 1. The van der Waals surface area contributed by atoms with E-state index in [1.165, 1.54) is 36.1 Å². The van der Waals surface area contributed by atoms with Crippen LogP contribution in [0.1, 0.15) is 58.6 Å². The first-order chi connectivity index (χ1) is 15.2. The second kappa shape index (κ2) is 8.91. The van der Waals surface area contributed by atoms with Crippen LogP contribution in [-0.4, -0.2) is 36.6 Å². The molecule has 1 fully saturated rings. The molecule has 1 saturated heterocycles. The molecule has 0 unspecified atom stereocenters. The van der Waals surface area contributed by atoms with E-state index in [4.69, 9.17) is 9.47 Å². The average molecular weight is 441 g/mol. The Kier molecular flexibility index (Phi) is 5.85. The van der Waals surface area contributed by atoms with Crippen LogP contribution in [0, 0.1) is 5.92 Å². The van der Waals surface area contributed by atoms with Crippen LogP contribution in [0.3, 0.4) is 0 Å². The van der Waals surface area contributed by atoms with Crippen molar-refractivity contribution in [1.29, 1.82) is 0 Å². The minimum atomic E-state index is -0.0851. The third kappa shape index (κ3) is 4.42. The predicted molar refractivity (Wildman–Crippen MR) is 120 cm³/mol. The van der Waals surface area contributed by atoms with Crippen LogP contribution in [0.2, 0.25) is 0 Å². The number of thiophene rings is 1. The highest BCUT2D eigenvalue weighted by Crippen LogP contribution is 2.35. The number of piperidine rings is 1. The number of anilines is 1. The zero-order valence-electron chi connectivity index (χ0n) is 17.7. The fourth-order valence-electron chi connectivity index (χ4n) is 4.67. The number of hydrogen-bond donors (Lipinski definition) is 1. The van der Waals surface area contributed by atoms with Crippen molar-refractivity contribution in [2.75, 3.05) is 25.2 Å². The van der Waals surface area contributed by atoms with Gasteiger partial charge in [-0.3, -0.25) is 9.59 Å². The van der Waals surface area contributed by atoms with Gasteiger partial charge in [-0.15, -0.1) is 11.3 Å². The molecule has 2 aliphatic heterocycles. The molecule has 31 heavy (non-hydrogen) atoms. The first-order valence-corrected chi connectivity index (χ1v) is 12.1. The summed E-state index contributed by atoms with van der Waals surface area (Å²) in [5.41, 5.74) is 2.09. The summed E-state index contributed by atoms with van der Waals surface area (Å²) in [6, 6.07) is 7.56. The summed E-state index contributed by atoms with van der Waals surface area (Å²) < 4.78 is 10.7. The lowest BCUT2D eigenvalue weighted by Crippen LogP contribution is -2.41. The zero-order valence-corrected chi connectivity index (χ0v) is 18.5. The van der Waals surface area contributed by atoms with Crippen LogP contribution in [-0.2, 0) is 17.6 Å². The Morgan fingerprint density at radius 3 is 2.58 bits per heavy atom. The van der Waals surface area contributed by atoms with Crippen LogP contribution in [0.5, 0.6) is 11.5 Å². The van der Waals surface area contributed by atoms with Gasteiger partial charge >= 0.3 is 0 Å². The summed E-state index contributed by atoms with van der Waals surface area (Å²) in [5.74, 6) is 1.41. The van der Waals surface area contributed by atoms with Gasteiger partial charge < -0.3 is 19.7 Å². The molecule has 6 nitrogen and oxygen atoms in total. The maximum absolute atomic E-state index is 13.1. The van der Waals surface area contributed by atoms with Crippen molar-refractivity contribution in [3.05, 3.63) is 39.6 Å². The lowest BCUT2D eigenvalue weighted by Gasteiger charge is -2.31. The van der Waals surface area contributed by atoms with Gasteiger partial charge in [0.25, 0.3) is 5.91 Å². The van der Waals surface area contributed by atoms with Gasteiger partial charge in [0, 0.05) is 35.6 Å². The normalized spacial score (nSPS) is 18.8. The molecule has 1 aromatic heterocycles. The minimum Gasteiger partial charge on any atom is -0.454 e. The van der Waals surface area contributed by atoms with Gasteiger partial charge in [0.2, 0.25) is 12.7 Å². The van der Waals surface area contributed by atoms with E-state index in [2.05, 4.69) is 11.4 Å². The van der Waals surface area contributed by atoms with Crippen molar-refractivity contribution >= 4 is 28.8 Å². The van der Waals surface area contributed by atoms with Gasteiger partial charge in [-0.1, -0.05) is 12.8 Å². The number of hydrogen-bond acceptors (Lipinski definition) is 5. The van der Waals surface area contributed by atoms with E-state index in [1.54, 1.807) is 17.4 Å². The summed E-state index contributed by atoms with van der Waals surface area (Å²) in [6.45, 7) is 1.47. The Morgan fingerprint density at radius 2 is 1.74 bits per heavy atom. The maximum Gasteiger partial charge on any atom is 0.263 e. The molecule has 5 rings (SSSR count). The Morgan fingerprint density at radius 1 is 0.968 bits per heavy atom. The van der Waals surface area contributed by atoms with Crippen LogP contribution in [0.25, 0.3) is 0 Å². The fraction of sp³-hybridized carbons (Fsp3) is 0.500. The smallest absolute Gasteiger partial charge is 0.263 e. The second-order valence-corrected chi connectivity index (χ2v) is 9.73. The summed E-state index contributed by atoms with van der Waals surface area (Å²) in [5, 5.41) is 2.99. The van der Waals surface area contributed by atoms with Gasteiger partial charge in [-0.2, -0.15) is 0 Å². The van der Waals surface area contributed by atoms with Gasteiger partial charge in [0.05, 0.1) is 4.88 Å². The van der Waals surface area contributed by atoms with Crippen LogP contribution in [0.15, 0.2) is 24.3 Å². The summed E-state index contributed by atoms with van der Waals surface area (Å²) >= 11 is 1.69. The van der Waals surface area contributed by atoms with E-state index in [0.717, 1.165) is 17.7 Å². The van der Waals surface area contributed by atoms with Crippen molar-refractivity contribution in [2.45, 2.75) is 51.4 Å². The third-order valence-corrected chi connectivity index (χ3v) is 7.73. The van der Waals surface area contributed by atoms with Crippen molar-refractivity contribution in [3.63, 3.8) is 0 Å². The first kappa shape index (κ1) is 20.4. The molecule has 7 heteroatoms. The summed E-state index contributed by atoms with van der Waals surface area (Å²) in [7, 11) is 0. The molecule has 3 aliphatic rings. The highest BCUT2D eigenvalue weighted by Gasteiger charge is 2.29. The Labute approximate surface area is 186 Å². The number of carbonyl (C=O) groups excluding carboxylic acids is 2. The van der Waals surface area contributed by atoms with Crippen molar-refractivity contribution in [2.24, 2.45) is 5.92 Å². The van der Waals surface area contributed by atoms with E-state index >= 15 is 0 Å². The molecule has 0 radical (unpaired) electrons. The molecular weight excluding hydrogens is 412 g/mol. The van der Waals surface area contributed by atoms with Crippen molar-refractivity contribution in [3.8, 4) is 11.5 Å². The number of carbonyl (C=O) groups is 2. The fourth-order valence-corrected chi connectivity index (χ4v) is 5.89. The number of amides is 2. The van der Waals surface area contributed by atoms with Crippen molar-refractivity contribution in [1.82, 2.24) is 4.90 Å². The lowest BCUT2D eigenvalue weighted by atomic mass is 9.95. The SMILES string of the molecule is O=C(Nc1ccc2c(c1)OCO2)C1CCN(C(=O)c2cc3c(s2)CCCCCC3)CC1. The molecule has 1 aromatic carbocycles. The van der Waals surface area contributed by atoms with Gasteiger partial charge in [-0.25, -0.2) is 0 Å². The molecule has 2 aromatic rings.